The van der Waals surface area contributed by atoms with Crippen molar-refractivity contribution < 1.29 is 8.78 Å². The lowest BCUT2D eigenvalue weighted by Gasteiger charge is -2.25. The molecule has 1 atom stereocenters. The van der Waals surface area contributed by atoms with Crippen LogP contribution >= 0.6 is 15.9 Å². The minimum Gasteiger partial charge on any atom is -0.377 e. The zero-order valence-electron chi connectivity index (χ0n) is 13.9. The van der Waals surface area contributed by atoms with Gasteiger partial charge in [0.15, 0.2) is 0 Å². The summed E-state index contributed by atoms with van der Waals surface area (Å²) in [7, 11) is 0. The van der Waals surface area contributed by atoms with E-state index in [2.05, 4.69) is 38.4 Å². The van der Waals surface area contributed by atoms with Gasteiger partial charge in [0.1, 0.15) is 0 Å². The van der Waals surface area contributed by atoms with Gasteiger partial charge in [0.05, 0.1) is 6.04 Å². The van der Waals surface area contributed by atoms with E-state index in [1.807, 2.05) is 6.07 Å². The van der Waals surface area contributed by atoms with Crippen molar-refractivity contribution in [1.82, 2.24) is 4.98 Å². The summed E-state index contributed by atoms with van der Waals surface area (Å²) in [6.45, 7) is 0.922. The van der Waals surface area contributed by atoms with Crippen LogP contribution in [0.3, 0.4) is 0 Å². The van der Waals surface area contributed by atoms with Crippen molar-refractivity contribution in [2.45, 2.75) is 38.2 Å². The summed E-state index contributed by atoms with van der Waals surface area (Å²) in [6.07, 6.45) is 3.19. The molecule has 4 rings (SSSR count). The van der Waals surface area contributed by atoms with Crippen LogP contribution < -0.4 is 5.32 Å². The fraction of sp³-hybridized carbons (Fsp3) is 0.300. The third kappa shape index (κ3) is 3.17. The Labute approximate surface area is 153 Å². The van der Waals surface area contributed by atoms with E-state index in [-0.39, 0.29) is 11.6 Å². The monoisotopic (exact) mass is 404 g/mol. The highest BCUT2D eigenvalue weighted by atomic mass is 79.9. The number of aromatic nitrogens is 1. The van der Waals surface area contributed by atoms with Crippen LogP contribution in [0.25, 0.3) is 10.9 Å². The molecular formula is C20H19BrF2N2. The number of benzene rings is 2. The van der Waals surface area contributed by atoms with Gasteiger partial charge in [-0.15, -0.1) is 0 Å². The molecular weight excluding hydrogens is 386 g/mol. The number of aromatic amines is 1. The van der Waals surface area contributed by atoms with E-state index in [4.69, 9.17) is 0 Å². The average molecular weight is 405 g/mol. The quantitative estimate of drug-likeness (QED) is 0.509. The molecule has 0 saturated heterocycles. The maximum atomic E-state index is 13.4. The van der Waals surface area contributed by atoms with E-state index in [9.17, 15) is 8.78 Å². The van der Waals surface area contributed by atoms with Crippen LogP contribution in [0.4, 0.5) is 14.5 Å². The Bertz CT molecular complexity index is 910. The minimum absolute atomic E-state index is 0.0397. The number of aryl methyl sites for hydroxylation is 1. The molecule has 2 N–H and O–H groups in total. The number of rotatable bonds is 3. The summed E-state index contributed by atoms with van der Waals surface area (Å²) in [5, 5.41) is 4.76. The zero-order valence-corrected chi connectivity index (χ0v) is 15.5. The summed E-state index contributed by atoms with van der Waals surface area (Å²) in [5.74, 6) is -2.80. The first-order chi connectivity index (χ1) is 11.9. The van der Waals surface area contributed by atoms with Crippen molar-refractivity contribution in [1.29, 1.82) is 0 Å². The van der Waals surface area contributed by atoms with Gasteiger partial charge in [0, 0.05) is 39.2 Å². The Morgan fingerprint density at radius 3 is 2.64 bits per heavy atom. The molecule has 5 heteroatoms. The predicted molar refractivity (Wildman–Crippen MR) is 101 cm³/mol. The lowest BCUT2D eigenvalue weighted by Crippen LogP contribution is -2.17. The van der Waals surface area contributed by atoms with Gasteiger partial charge in [-0.05, 0) is 55.2 Å². The number of hydrogen-bond acceptors (Lipinski definition) is 1. The highest BCUT2D eigenvalue weighted by Gasteiger charge is 2.26. The van der Waals surface area contributed by atoms with Gasteiger partial charge in [-0.3, -0.25) is 0 Å². The molecule has 1 aromatic heterocycles. The van der Waals surface area contributed by atoms with Gasteiger partial charge in [-0.25, -0.2) is 8.78 Å². The molecule has 1 aliphatic carbocycles. The topological polar surface area (TPSA) is 27.8 Å². The van der Waals surface area contributed by atoms with Crippen LogP contribution in [0.15, 0.2) is 46.9 Å². The Hall–Kier alpha value is -1.88. The third-order valence-corrected chi connectivity index (χ3v) is 5.40. The number of nitrogens with one attached hydrogen (secondary N) is 2. The molecule has 25 heavy (non-hydrogen) atoms. The summed E-state index contributed by atoms with van der Waals surface area (Å²) in [6, 6.07) is 12.9. The number of H-pyrrole nitrogens is 1. The van der Waals surface area contributed by atoms with Crippen LogP contribution in [0.5, 0.6) is 0 Å². The van der Waals surface area contributed by atoms with E-state index in [0.29, 0.717) is 0 Å². The van der Waals surface area contributed by atoms with E-state index in [1.54, 1.807) is 12.1 Å². The molecule has 2 nitrogen and oxygen atoms in total. The number of fused-ring (bicyclic) bond motifs is 3. The first-order valence-electron chi connectivity index (χ1n) is 8.47. The average Bonchev–Trinajstić information content (AvgIpc) is 2.94. The maximum Gasteiger partial charge on any atom is 0.270 e. The van der Waals surface area contributed by atoms with E-state index in [1.165, 1.54) is 28.8 Å². The number of alkyl halides is 2. The number of halogens is 3. The van der Waals surface area contributed by atoms with Gasteiger partial charge in [-0.1, -0.05) is 28.1 Å². The molecule has 0 bridgehead atoms. The molecule has 0 spiro atoms. The van der Waals surface area contributed by atoms with Crippen LogP contribution in [0.1, 0.15) is 42.6 Å². The normalized spacial score (nSPS) is 17.5. The van der Waals surface area contributed by atoms with Gasteiger partial charge in [0.25, 0.3) is 5.92 Å². The Balaban J connectivity index is 1.64. The highest BCUT2D eigenvalue weighted by molar-refractivity contribution is 9.10. The summed E-state index contributed by atoms with van der Waals surface area (Å²) >= 11 is 3.55. The van der Waals surface area contributed by atoms with E-state index < -0.39 is 5.92 Å². The van der Waals surface area contributed by atoms with Gasteiger partial charge >= 0.3 is 0 Å². The first kappa shape index (κ1) is 16.6. The van der Waals surface area contributed by atoms with Crippen molar-refractivity contribution >= 4 is 32.5 Å². The fourth-order valence-corrected chi connectivity index (χ4v) is 4.00. The Morgan fingerprint density at radius 1 is 1.16 bits per heavy atom. The lowest BCUT2D eigenvalue weighted by molar-refractivity contribution is 0.0175. The first-order valence-corrected chi connectivity index (χ1v) is 9.26. The predicted octanol–water partition coefficient (Wildman–Crippen LogP) is 6.53. The second-order valence-corrected chi connectivity index (χ2v) is 7.68. The number of anilines is 1. The van der Waals surface area contributed by atoms with Crippen molar-refractivity contribution in [3.8, 4) is 0 Å². The standard InChI is InChI=1S/C20H19BrF2N2/c1-20(22,23)12-5-8-14(9-6-12)24-18-4-2-3-15-16-11-13(21)7-10-17(16)25-19(15)18/h5-11,18,24-25H,2-4H2,1H3. The fourth-order valence-electron chi connectivity index (χ4n) is 3.64. The molecule has 0 aliphatic heterocycles. The highest BCUT2D eigenvalue weighted by Crippen LogP contribution is 2.37. The van der Waals surface area contributed by atoms with Crippen molar-refractivity contribution in [3.05, 3.63) is 63.8 Å². The Kier molecular flexibility index (Phi) is 4.07. The maximum absolute atomic E-state index is 13.4. The Morgan fingerprint density at radius 2 is 1.92 bits per heavy atom. The molecule has 1 unspecified atom stereocenters. The molecule has 0 amide bonds. The largest absolute Gasteiger partial charge is 0.377 e. The van der Waals surface area contributed by atoms with Crippen LogP contribution in [0, 0.1) is 0 Å². The molecule has 1 aliphatic rings. The van der Waals surface area contributed by atoms with Crippen molar-refractivity contribution in [3.63, 3.8) is 0 Å². The number of hydrogen-bond donors (Lipinski definition) is 2. The van der Waals surface area contributed by atoms with Gasteiger partial charge in [-0.2, -0.15) is 0 Å². The molecule has 0 saturated carbocycles. The van der Waals surface area contributed by atoms with Crippen LogP contribution in [0.2, 0.25) is 0 Å². The second-order valence-electron chi connectivity index (χ2n) is 6.76. The van der Waals surface area contributed by atoms with Crippen LogP contribution in [-0.4, -0.2) is 4.98 Å². The molecule has 0 fully saturated rings. The zero-order chi connectivity index (χ0) is 17.6. The van der Waals surface area contributed by atoms with Crippen LogP contribution in [-0.2, 0) is 12.3 Å². The third-order valence-electron chi connectivity index (χ3n) is 4.90. The van der Waals surface area contributed by atoms with E-state index >= 15 is 0 Å². The molecule has 1 heterocycles. The molecule has 130 valence electrons. The lowest BCUT2D eigenvalue weighted by atomic mass is 9.91. The minimum atomic E-state index is -2.80. The van der Waals surface area contributed by atoms with Gasteiger partial charge < -0.3 is 10.3 Å². The second kappa shape index (κ2) is 6.13. The summed E-state index contributed by atoms with van der Waals surface area (Å²) in [4.78, 5) is 3.55. The molecule has 3 aromatic rings. The smallest absolute Gasteiger partial charge is 0.270 e. The summed E-state index contributed by atoms with van der Waals surface area (Å²) < 4.78 is 27.8. The molecule has 2 aromatic carbocycles. The summed E-state index contributed by atoms with van der Waals surface area (Å²) in [5.41, 5.74) is 4.62. The van der Waals surface area contributed by atoms with Crippen molar-refractivity contribution in [2.75, 3.05) is 5.32 Å². The van der Waals surface area contributed by atoms with E-state index in [0.717, 1.165) is 41.9 Å². The van der Waals surface area contributed by atoms with Gasteiger partial charge in [0.2, 0.25) is 0 Å². The molecule has 0 radical (unpaired) electrons. The SMILES string of the molecule is CC(F)(F)c1ccc(NC2CCCc3c2[nH]c2ccc(Br)cc32)cc1. The van der Waals surface area contributed by atoms with Crippen molar-refractivity contribution in [2.24, 2.45) is 0 Å².